The summed E-state index contributed by atoms with van der Waals surface area (Å²) in [5.41, 5.74) is 2.21. The monoisotopic (exact) mass is 412 g/mol. The van der Waals surface area contributed by atoms with Crippen LogP contribution in [0.1, 0.15) is 27.7 Å². The minimum absolute atomic E-state index is 0.523. The van der Waals surface area contributed by atoms with Crippen molar-refractivity contribution in [1.29, 1.82) is 0 Å². The van der Waals surface area contributed by atoms with Gasteiger partial charge in [0.15, 0.2) is 11.8 Å². The Labute approximate surface area is 175 Å². The van der Waals surface area contributed by atoms with Gasteiger partial charge in [0, 0.05) is 24.0 Å². The third-order valence-corrected chi connectivity index (χ3v) is 5.63. The smallest absolute Gasteiger partial charge is 0.191 e. The van der Waals surface area contributed by atoms with Gasteiger partial charge in [-0.25, -0.2) is 4.99 Å². The summed E-state index contributed by atoms with van der Waals surface area (Å²) in [5.74, 6) is 3.35. The number of thiophene rings is 1. The first-order valence-electron chi connectivity index (χ1n) is 9.59. The molecule has 0 aliphatic carbocycles. The van der Waals surface area contributed by atoms with Gasteiger partial charge in [-0.1, -0.05) is 18.2 Å². The average molecular weight is 413 g/mol. The van der Waals surface area contributed by atoms with E-state index in [1.54, 1.807) is 18.4 Å². The topological polar surface area (TPSA) is 76.4 Å². The maximum atomic E-state index is 5.51. The predicted molar refractivity (Wildman–Crippen MR) is 117 cm³/mol. The van der Waals surface area contributed by atoms with E-state index < -0.39 is 0 Å². The lowest BCUT2D eigenvalue weighted by Crippen LogP contribution is -2.38. The molecule has 8 heteroatoms. The van der Waals surface area contributed by atoms with E-state index in [2.05, 4.69) is 57.4 Å². The van der Waals surface area contributed by atoms with E-state index in [9.17, 15) is 0 Å². The molecule has 2 N–H and O–H groups in total. The molecule has 0 saturated carbocycles. The van der Waals surface area contributed by atoms with E-state index in [1.807, 2.05) is 24.6 Å². The third-order valence-electron chi connectivity index (χ3n) is 4.69. The molecule has 0 atom stereocenters. The Kier molecular flexibility index (Phi) is 7.24. The van der Waals surface area contributed by atoms with Crippen molar-refractivity contribution in [3.8, 4) is 5.75 Å². The number of hydrogen-bond donors (Lipinski definition) is 2. The molecule has 2 aromatic heterocycles. The molecule has 154 valence electrons. The van der Waals surface area contributed by atoms with Gasteiger partial charge >= 0.3 is 0 Å². The molecule has 3 aromatic rings. The Hall–Kier alpha value is -2.87. The first kappa shape index (κ1) is 20.9. The lowest BCUT2D eigenvalue weighted by Gasteiger charge is -2.13. The number of hydrogen-bond acceptors (Lipinski definition) is 5. The van der Waals surface area contributed by atoms with Gasteiger partial charge < -0.3 is 19.9 Å². The number of aromatic nitrogens is 3. The Morgan fingerprint density at radius 1 is 1.21 bits per heavy atom. The lowest BCUT2D eigenvalue weighted by molar-refractivity contribution is 0.409. The van der Waals surface area contributed by atoms with Crippen molar-refractivity contribution in [1.82, 2.24) is 25.4 Å². The zero-order chi connectivity index (χ0) is 20.6. The SMILES string of the molecule is COc1cc(C)ccc1CN=C(NCCc1cccs1)NCc1nnc(C)n1C. The van der Waals surface area contributed by atoms with Crippen LogP contribution in [0.25, 0.3) is 0 Å². The highest BCUT2D eigenvalue weighted by atomic mass is 32.1. The van der Waals surface area contributed by atoms with Crippen LogP contribution in [0, 0.1) is 13.8 Å². The third kappa shape index (κ3) is 5.80. The van der Waals surface area contributed by atoms with Crippen molar-refractivity contribution in [2.75, 3.05) is 13.7 Å². The Bertz CT molecular complexity index is 948. The summed E-state index contributed by atoms with van der Waals surface area (Å²) < 4.78 is 7.48. The molecule has 0 amide bonds. The molecule has 0 saturated heterocycles. The maximum Gasteiger partial charge on any atom is 0.191 e. The summed E-state index contributed by atoms with van der Waals surface area (Å²) in [5, 5.41) is 17.2. The van der Waals surface area contributed by atoms with Gasteiger partial charge in [0.1, 0.15) is 11.6 Å². The second-order valence-corrected chi connectivity index (χ2v) is 7.84. The van der Waals surface area contributed by atoms with E-state index >= 15 is 0 Å². The van der Waals surface area contributed by atoms with Crippen molar-refractivity contribution >= 4 is 17.3 Å². The van der Waals surface area contributed by atoms with Crippen LogP contribution >= 0.6 is 11.3 Å². The molecule has 2 heterocycles. The van der Waals surface area contributed by atoms with Crippen molar-refractivity contribution in [2.45, 2.75) is 33.4 Å². The molecular weight excluding hydrogens is 384 g/mol. The van der Waals surface area contributed by atoms with Gasteiger partial charge in [-0.15, -0.1) is 21.5 Å². The molecule has 0 aliphatic heterocycles. The summed E-state index contributed by atoms with van der Waals surface area (Å²) >= 11 is 1.77. The second-order valence-electron chi connectivity index (χ2n) is 6.81. The molecule has 29 heavy (non-hydrogen) atoms. The highest BCUT2D eigenvalue weighted by Gasteiger charge is 2.08. The van der Waals surface area contributed by atoms with Crippen LogP contribution < -0.4 is 15.4 Å². The number of methoxy groups -OCH3 is 1. The summed E-state index contributed by atoms with van der Waals surface area (Å²) in [7, 11) is 3.65. The van der Waals surface area contributed by atoms with Crippen LogP contribution in [0.5, 0.6) is 5.75 Å². The number of benzene rings is 1. The summed E-state index contributed by atoms with van der Waals surface area (Å²) in [6.45, 7) is 5.87. The molecule has 3 rings (SSSR count). The lowest BCUT2D eigenvalue weighted by atomic mass is 10.1. The van der Waals surface area contributed by atoms with Crippen molar-refractivity contribution in [3.63, 3.8) is 0 Å². The molecule has 0 bridgehead atoms. The zero-order valence-electron chi connectivity index (χ0n) is 17.4. The number of nitrogens with zero attached hydrogens (tertiary/aromatic N) is 4. The molecule has 0 spiro atoms. The van der Waals surface area contributed by atoms with E-state index in [0.717, 1.165) is 41.9 Å². The minimum Gasteiger partial charge on any atom is -0.496 e. The largest absolute Gasteiger partial charge is 0.496 e. The van der Waals surface area contributed by atoms with Crippen LogP contribution in [-0.2, 0) is 26.6 Å². The molecule has 0 aliphatic rings. The van der Waals surface area contributed by atoms with Crippen LogP contribution in [0.4, 0.5) is 0 Å². The molecule has 0 unspecified atom stereocenters. The van der Waals surface area contributed by atoms with Crippen molar-refractivity contribution in [3.05, 3.63) is 63.4 Å². The first-order valence-corrected chi connectivity index (χ1v) is 10.5. The molecule has 1 aromatic carbocycles. The zero-order valence-corrected chi connectivity index (χ0v) is 18.2. The summed E-state index contributed by atoms with van der Waals surface area (Å²) in [6.07, 6.45) is 0.954. The van der Waals surface area contributed by atoms with Crippen LogP contribution in [-0.4, -0.2) is 34.4 Å². The van der Waals surface area contributed by atoms with Crippen molar-refractivity contribution in [2.24, 2.45) is 12.0 Å². The Morgan fingerprint density at radius 3 is 2.76 bits per heavy atom. The predicted octanol–water partition coefficient (Wildman–Crippen LogP) is 2.98. The van der Waals surface area contributed by atoms with Crippen LogP contribution in [0.3, 0.4) is 0 Å². The Balaban J connectivity index is 1.68. The summed E-state index contributed by atoms with van der Waals surface area (Å²) in [6, 6.07) is 10.4. The average Bonchev–Trinajstić information content (AvgIpc) is 3.35. The first-order chi connectivity index (χ1) is 14.1. The maximum absolute atomic E-state index is 5.51. The van der Waals surface area contributed by atoms with Crippen molar-refractivity contribution < 1.29 is 4.74 Å². The van der Waals surface area contributed by atoms with Gasteiger partial charge in [0.25, 0.3) is 0 Å². The van der Waals surface area contributed by atoms with Gasteiger partial charge in [0.2, 0.25) is 0 Å². The van der Waals surface area contributed by atoms with Gasteiger partial charge in [-0.2, -0.15) is 0 Å². The Morgan fingerprint density at radius 2 is 2.07 bits per heavy atom. The molecule has 0 fully saturated rings. The normalized spacial score (nSPS) is 11.5. The molecule has 7 nitrogen and oxygen atoms in total. The fourth-order valence-corrected chi connectivity index (χ4v) is 3.56. The van der Waals surface area contributed by atoms with E-state index in [1.165, 1.54) is 10.4 Å². The van der Waals surface area contributed by atoms with Gasteiger partial charge in [-0.05, 0) is 43.3 Å². The molecular formula is C21H28N6OS. The van der Waals surface area contributed by atoms with E-state index in [0.29, 0.717) is 13.1 Å². The van der Waals surface area contributed by atoms with E-state index in [-0.39, 0.29) is 0 Å². The quantitative estimate of drug-likeness (QED) is 0.439. The minimum atomic E-state index is 0.523. The second kappa shape index (κ2) is 10.1. The number of ether oxygens (including phenoxy) is 1. The highest BCUT2D eigenvalue weighted by Crippen LogP contribution is 2.20. The molecule has 0 radical (unpaired) electrons. The number of guanidine groups is 1. The van der Waals surface area contributed by atoms with Gasteiger partial charge in [-0.3, -0.25) is 0 Å². The number of nitrogens with one attached hydrogen (secondary N) is 2. The van der Waals surface area contributed by atoms with Gasteiger partial charge in [0.05, 0.1) is 20.2 Å². The number of aryl methyl sites for hydroxylation is 2. The van der Waals surface area contributed by atoms with E-state index in [4.69, 9.17) is 9.73 Å². The fourth-order valence-electron chi connectivity index (χ4n) is 2.85. The summed E-state index contributed by atoms with van der Waals surface area (Å²) in [4.78, 5) is 6.11. The number of rotatable bonds is 8. The highest BCUT2D eigenvalue weighted by molar-refractivity contribution is 7.09. The van der Waals surface area contributed by atoms with Crippen LogP contribution in [0.2, 0.25) is 0 Å². The fraction of sp³-hybridized carbons (Fsp3) is 0.381. The van der Waals surface area contributed by atoms with Crippen LogP contribution in [0.15, 0.2) is 40.7 Å². The standard InChI is InChI=1S/C21H28N6OS/c1-15-7-8-17(19(12-15)28-4)13-23-21(22-10-9-18-6-5-11-29-18)24-14-20-26-25-16(2)27(20)3/h5-8,11-12H,9-10,13-14H2,1-4H3,(H2,22,23,24). The number of aliphatic imine (C=N–C) groups is 1.